The van der Waals surface area contributed by atoms with E-state index in [0.29, 0.717) is 0 Å². The van der Waals surface area contributed by atoms with Crippen LogP contribution in [0.2, 0.25) is 0 Å². The largest absolute Gasteiger partial charge is 0.0620 e. The van der Waals surface area contributed by atoms with Crippen LogP contribution in [0.3, 0.4) is 0 Å². The van der Waals surface area contributed by atoms with E-state index in [1.165, 1.54) is 33.4 Å². The first-order valence-corrected chi connectivity index (χ1v) is 7.20. The van der Waals surface area contributed by atoms with E-state index in [0.717, 1.165) is 12.8 Å². The predicted octanol–water partition coefficient (Wildman–Crippen LogP) is 4.88. The summed E-state index contributed by atoms with van der Waals surface area (Å²) in [6.07, 6.45) is 2.25. The first kappa shape index (κ1) is 11.7. The van der Waals surface area contributed by atoms with Crippen LogP contribution in [-0.4, -0.2) is 0 Å². The van der Waals surface area contributed by atoms with E-state index in [1.54, 1.807) is 0 Å². The van der Waals surface area contributed by atoms with Gasteiger partial charge in [0.1, 0.15) is 0 Å². The molecule has 0 nitrogen and oxygen atoms in total. The lowest BCUT2D eigenvalue weighted by molar-refractivity contribution is 0.963. The van der Waals surface area contributed by atoms with Crippen molar-refractivity contribution in [2.24, 2.45) is 0 Å². The van der Waals surface area contributed by atoms with Gasteiger partial charge in [0.25, 0.3) is 0 Å². The summed E-state index contributed by atoms with van der Waals surface area (Å²) in [6, 6.07) is 15.5. The summed E-state index contributed by atoms with van der Waals surface area (Å²) in [5, 5.41) is 0. The first-order chi connectivity index (χ1) is 8.79. The standard InChI is InChI=1S/C17H15Br/c1-12-6-9-16-14(10-12)8-7-13-4-2-3-5-15(13)17(16)11-18/h2-6,9-11H,7-8H2,1H3. The molecule has 18 heavy (non-hydrogen) atoms. The Labute approximate surface area is 116 Å². The second kappa shape index (κ2) is 4.74. The highest BCUT2D eigenvalue weighted by molar-refractivity contribution is 9.11. The van der Waals surface area contributed by atoms with Gasteiger partial charge in [0.2, 0.25) is 0 Å². The summed E-state index contributed by atoms with van der Waals surface area (Å²) in [7, 11) is 0. The number of rotatable bonds is 0. The molecule has 1 aliphatic rings. The van der Waals surface area contributed by atoms with Gasteiger partial charge in [-0.15, -0.1) is 0 Å². The minimum Gasteiger partial charge on any atom is -0.0620 e. The fourth-order valence-electron chi connectivity index (χ4n) is 2.73. The van der Waals surface area contributed by atoms with Gasteiger partial charge in [0, 0.05) is 0 Å². The average Bonchev–Trinajstić information content (AvgIpc) is 2.55. The maximum Gasteiger partial charge on any atom is -0.00366 e. The lowest BCUT2D eigenvalue weighted by Crippen LogP contribution is -1.92. The number of hydrogen-bond donors (Lipinski definition) is 0. The van der Waals surface area contributed by atoms with Gasteiger partial charge in [-0.05, 0) is 52.6 Å². The minimum atomic E-state index is 1.12. The number of aryl methyl sites for hydroxylation is 3. The molecule has 0 N–H and O–H groups in total. The highest BCUT2D eigenvalue weighted by Crippen LogP contribution is 2.34. The van der Waals surface area contributed by atoms with Gasteiger partial charge < -0.3 is 0 Å². The van der Waals surface area contributed by atoms with Gasteiger partial charge in [-0.2, -0.15) is 0 Å². The molecular formula is C17H15Br. The van der Waals surface area contributed by atoms with Crippen molar-refractivity contribution in [2.45, 2.75) is 19.8 Å². The van der Waals surface area contributed by atoms with E-state index in [2.05, 4.69) is 70.3 Å². The third-order valence-electron chi connectivity index (χ3n) is 3.63. The molecule has 0 saturated carbocycles. The molecule has 1 aliphatic carbocycles. The van der Waals surface area contributed by atoms with Gasteiger partial charge in [0.15, 0.2) is 0 Å². The maximum atomic E-state index is 3.54. The monoisotopic (exact) mass is 298 g/mol. The molecule has 0 heterocycles. The summed E-state index contributed by atoms with van der Waals surface area (Å²) in [4.78, 5) is 2.06. The second-order valence-corrected chi connectivity index (χ2v) is 5.30. The molecule has 0 saturated heterocycles. The van der Waals surface area contributed by atoms with Crippen molar-refractivity contribution in [3.63, 3.8) is 0 Å². The number of hydrogen-bond acceptors (Lipinski definition) is 0. The molecule has 0 fully saturated rings. The molecule has 2 aromatic carbocycles. The molecule has 0 atom stereocenters. The van der Waals surface area contributed by atoms with Crippen LogP contribution in [0.15, 0.2) is 47.4 Å². The van der Waals surface area contributed by atoms with Crippen molar-refractivity contribution < 1.29 is 0 Å². The third kappa shape index (κ3) is 1.93. The third-order valence-corrected chi connectivity index (χ3v) is 4.09. The summed E-state index contributed by atoms with van der Waals surface area (Å²) < 4.78 is 0. The molecule has 0 aromatic heterocycles. The molecule has 2 aromatic rings. The Bertz CT molecular complexity index is 623. The van der Waals surface area contributed by atoms with Gasteiger partial charge in [-0.3, -0.25) is 0 Å². The quantitative estimate of drug-likeness (QED) is 0.650. The van der Waals surface area contributed by atoms with E-state index >= 15 is 0 Å². The number of benzene rings is 2. The van der Waals surface area contributed by atoms with Gasteiger partial charge >= 0.3 is 0 Å². The van der Waals surface area contributed by atoms with Crippen molar-refractivity contribution in [3.05, 3.63) is 75.3 Å². The van der Waals surface area contributed by atoms with Crippen molar-refractivity contribution >= 4 is 21.5 Å². The van der Waals surface area contributed by atoms with Crippen LogP contribution in [-0.2, 0) is 12.8 Å². The van der Waals surface area contributed by atoms with Crippen LogP contribution in [0.4, 0.5) is 0 Å². The molecule has 1 heteroatoms. The molecule has 0 spiro atoms. The predicted molar refractivity (Wildman–Crippen MR) is 81.0 cm³/mol. The zero-order chi connectivity index (χ0) is 12.5. The average molecular weight is 299 g/mol. The van der Waals surface area contributed by atoms with Crippen LogP contribution in [0, 0.1) is 6.92 Å². The normalized spacial score (nSPS) is 16.0. The van der Waals surface area contributed by atoms with Crippen LogP contribution >= 0.6 is 15.9 Å². The zero-order valence-corrected chi connectivity index (χ0v) is 12.0. The Kier molecular flexibility index (Phi) is 3.09. The Morgan fingerprint density at radius 1 is 0.944 bits per heavy atom. The van der Waals surface area contributed by atoms with E-state index in [1.807, 2.05) is 0 Å². The SMILES string of the molecule is Cc1ccc2c(c1)CCc1ccccc1C2=CBr. The van der Waals surface area contributed by atoms with Crippen molar-refractivity contribution in [3.8, 4) is 0 Å². The van der Waals surface area contributed by atoms with Crippen LogP contribution in [0.25, 0.3) is 5.57 Å². The van der Waals surface area contributed by atoms with E-state index in [4.69, 9.17) is 0 Å². The van der Waals surface area contributed by atoms with E-state index in [9.17, 15) is 0 Å². The second-order valence-electron chi connectivity index (χ2n) is 4.84. The first-order valence-electron chi connectivity index (χ1n) is 6.28. The van der Waals surface area contributed by atoms with Crippen molar-refractivity contribution in [1.29, 1.82) is 0 Å². The molecule has 90 valence electrons. The molecule has 3 rings (SSSR count). The molecule has 0 radical (unpaired) electrons. The van der Waals surface area contributed by atoms with Crippen molar-refractivity contribution in [2.75, 3.05) is 0 Å². The summed E-state index contributed by atoms with van der Waals surface area (Å²) in [5.41, 5.74) is 8.26. The Balaban J connectivity index is 2.25. The highest BCUT2D eigenvalue weighted by atomic mass is 79.9. The van der Waals surface area contributed by atoms with E-state index in [-0.39, 0.29) is 0 Å². The van der Waals surface area contributed by atoms with Crippen LogP contribution in [0.1, 0.15) is 27.8 Å². The van der Waals surface area contributed by atoms with Crippen molar-refractivity contribution in [1.82, 2.24) is 0 Å². The fourth-order valence-corrected chi connectivity index (χ4v) is 3.22. The Morgan fingerprint density at radius 3 is 2.50 bits per heavy atom. The lowest BCUT2D eigenvalue weighted by Gasteiger charge is -2.11. The molecule has 0 aliphatic heterocycles. The maximum absolute atomic E-state index is 3.54. The Hall–Kier alpha value is -1.34. The fraction of sp³-hybridized carbons (Fsp3) is 0.176. The van der Waals surface area contributed by atoms with Gasteiger partial charge in [-0.1, -0.05) is 64.0 Å². The van der Waals surface area contributed by atoms with Gasteiger partial charge in [-0.25, -0.2) is 0 Å². The molecule has 0 unspecified atom stereocenters. The van der Waals surface area contributed by atoms with E-state index < -0.39 is 0 Å². The minimum absolute atomic E-state index is 1.12. The number of halogens is 1. The molecular weight excluding hydrogens is 284 g/mol. The Morgan fingerprint density at radius 2 is 1.67 bits per heavy atom. The van der Waals surface area contributed by atoms with Crippen LogP contribution in [0.5, 0.6) is 0 Å². The zero-order valence-electron chi connectivity index (χ0n) is 10.4. The summed E-state index contributed by atoms with van der Waals surface area (Å²) >= 11 is 3.54. The highest BCUT2D eigenvalue weighted by Gasteiger charge is 2.17. The summed E-state index contributed by atoms with van der Waals surface area (Å²) in [6.45, 7) is 2.16. The lowest BCUT2D eigenvalue weighted by atomic mass is 9.95. The molecule has 0 bridgehead atoms. The number of fused-ring (bicyclic) bond motifs is 2. The summed E-state index contributed by atoms with van der Waals surface area (Å²) in [5.74, 6) is 0. The van der Waals surface area contributed by atoms with Gasteiger partial charge in [0.05, 0.1) is 0 Å². The smallest absolute Gasteiger partial charge is 0.00366 e. The molecule has 0 amide bonds. The topological polar surface area (TPSA) is 0 Å². The van der Waals surface area contributed by atoms with Crippen LogP contribution < -0.4 is 0 Å².